The maximum Gasteiger partial charge on any atom is 0.324 e. The lowest BCUT2D eigenvalue weighted by molar-refractivity contribution is -0.135. The van der Waals surface area contributed by atoms with E-state index < -0.39 is 0 Å². The molecule has 2 fully saturated rings. The van der Waals surface area contributed by atoms with Crippen LogP contribution < -0.4 is 20.3 Å². The number of amides is 2. The Morgan fingerprint density at radius 2 is 1.77 bits per heavy atom. The Balaban J connectivity index is 1.04. The summed E-state index contributed by atoms with van der Waals surface area (Å²) in [6.07, 6.45) is 8.07. The van der Waals surface area contributed by atoms with Crippen LogP contribution in [0.25, 0.3) is 5.57 Å². The number of rotatable bonds is 8. The van der Waals surface area contributed by atoms with E-state index in [0.29, 0.717) is 25.0 Å². The highest BCUT2D eigenvalue weighted by atomic mass is 16.5. The third kappa shape index (κ3) is 7.06. The lowest BCUT2D eigenvalue weighted by Crippen LogP contribution is -2.43. The maximum atomic E-state index is 12.7. The number of imide groups is 1. The van der Waals surface area contributed by atoms with Crippen molar-refractivity contribution in [1.29, 1.82) is 0 Å². The molecule has 5 rings (SSSR count). The molecule has 2 saturated heterocycles. The summed E-state index contributed by atoms with van der Waals surface area (Å²) in [5, 5.41) is 10.0. The number of piperidine rings is 2. The molecule has 1 unspecified atom stereocenters. The summed E-state index contributed by atoms with van der Waals surface area (Å²) in [6, 6.07) is 8.91. The number of anilines is 1. The first-order valence-electron chi connectivity index (χ1n) is 14.5. The molecule has 2 aliphatic heterocycles. The number of carbonyl (C=O) groups excluding carboxylic acids is 2. The van der Waals surface area contributed by atoms with Gasteiger partial charge in [-0.1, -0.05) is 37.2 Å². The zero-order chi connectivity index (χ0) is 27.2. The average molecular weight is 536 g/mol. The number of benzene rings is 1. The van der Waals surface area contributed by atoms with E-state index >= 15 is 0 Å². The predicted molar refractivity (Wildman–Crippen MR) is 149 cm³/mol. The minimum Gasteiger partial charge on any atom is -0.493 e. The number of hydrogen-bond acceptors (Lipinski definition) is 8. The molecule has 39 heavy (non-hydrogen) atoms. The number of allylic oxidation sites excluding steroid dienone is 2. The molecule has 1 atom stereocenters. The number of ether oxygens (including phenoxy) is 1. The van der Waals surface area contributed by atoms with Crippen molar-refractivity contribution in [3.63, 3.8) is 0 Å². The van der Waals surface area contributed by atoms with Crippen molar-refractivity contribution in [1.82, 2.24) is 20.8 Å². The van der Waals surface area contributed by atoms with E-state index in [1.54, 1.807) is 0 Å². The van der Waals surface area contributed by atoms with Crippen LogP contribution in [0.4, 0.5) is 6.01 Å². The van der Waals surface area contributed by atoms with Gasteiger partial charge in [0.15, 0.2) is 5.82 Å². The number of nitrogens with one attached hydrogen (secondary N) is 2. The zero-order valence-corrected chi connectivity index (χ0v) is 23.2. The van der Waals surface area contributed by atoms with Gasteiger partial charge in [0.2, 0.25) is 11.8 Å². The lowest BCUT2D eigenvalue weighted by atomic mass is 9.86. The van der Waals surface area contributed by atoms with E-state index in [4.69, 9.17) is 9.26 Å². The maximum absolute atomic E-state index is 12.7. The molecule has 2 amide bonds. The Hall–Kier alpha value is -3.20. The average Bonchev–Trinajstić information content (AvgIpc) is 3.48. The highest BCUT2D eigenvalue weighted by molar-refractivity contribution is 5.97. The normalized spacial score (nSPS) is 21.1. The molecule has 0 bridgehead atoms. The van der Waals surface area contributed by atoms with Crippen LogP contribution >= 0.6 is 0 Å². The number of carbonyl (C=O) groups is 2. The molecule has 1 aromatic carbocycles. The van der Waals surface area contributed by atoms with Gasteiger partial charge in [0.25, 0.3) is 0 Å². The van der Waals surface area contributed by atoms with Crippen LogP contribution in [0.1, 0.15) is 76.1 Å². The molecule has 1 aromatic heterocycles. The zero-order valence-electron chi connectivity index (χ0n) is 23.2. The molecule has 0 saturated carbocycles. The van der Waals surface area contributed by atoms with Gasteiger partial charge in [0.1, 0.15) is 5.75 Å². The highest BCUT2D eigenvalue weighted by Gasteiger charge is 2.28. The van der Waals surface area contributed by atoms with E-state index in [1.807, 2.05) is 12.1 Å². The monoisotopic (exact) mass is 535 g/mol. The van der Waals surface area contributed by atoms with Gasteiger partial charge in [-0.25, -0.2) is 0 Å². The summed E-state index contributed by atoms with van der Waals surface area (Å²) in [4.78, 5) is 31.8. The summed E-state index contributed by atoms with van der Waals surface area (Å²) >= 11 is 0. The minimum atomic E-state index is -0.134. The van der Waals surface area contributed by atoms with Crippen LogP contribution in [-0.4, -0.2) is 54.7 Å². The summed E-state index contributed by atoms with van der Waals surface area (Å²) in [6.45, 7) is 8.30. The van der Waals surface area contributed by atoms with E-state index in [1.165, 1.54) is 11.1 Å². The standard InChI is InChI=1S/C30H41N5O4/c1-20(2)27-32-30(39-34-27)35-17-13-21(14-18-35)19-38-26-9-7-23(8-10-26)22-3-5-24(6-4-22)28(36)33-29(37)25-11-15-31-16-12-25/h3,7-10,20-21,24-25,31H,4-6,11-19H2,1-2H3,(H,33,36,37). The fraction of sp³-hybridized carbons (Fsp3) is 0.600. The highest BCUT2D eigenvalue weighted by Crippen LogP contribution is 2.32. The molecule has 2 aromatic rings. The molecule has 210 valence electrons. The molecular formula is C30H41N5O4. The minimum absolute atomic E-state index is 0.0480. The van der Waals surface area contributed by atoms with E-state index in [-0.39, 0.29) is 29.6 Å². The van der Waals surface area contributed by atoms with Gasteiger partial charge in [-0.2, -0.15) is 4.98 Å². The SMILES string of the molecule is CC(C)c1noc(N2CCC(COc3ccc(C4=CCC(C(=O)NC(=O)C5CCNCC5)CC4)cc3)CC2)n1. The van der Waals surface area contributed by atoms with Gasteiger partial charge < -0.3 is 19.5 Å². The van der Waals surface area contributed by atoms with Crippen LogP contribution in [0, 0.1) is 17.8 Å². The molecule has 3 heterocycles. The topological polar surface area (TPSA) is 110 Å². The fourth-order valence-corrected chi connectivity index (χ4v) is 5.60. The molecule has 2 N–H and O–H groups in total. The molecule has 9 heteroatoms. The second-order valence-corrected chi connectivity index (χ2v) is 11.4. The smallest absolute Gasteiger partial charge is 0.324 e. The van der Waals surface area contributed by atoms with Crippen molar-refractivity contribution in [2.75, 3.05) is 37.7 Å². The van der Waals surface area contributed by atoms with Gasteiger partial charge >= 0.3 is 6.01 Å². The predicted octanol–water partition coefficient (Wildman–Crippen LogP) is 4.31. The number of nitrogens with zero attached hydrogens (tertiary/aromatic N) is 3. The molecular weight excluding hydrogens is 494 g/mol. The number of hydrogen-bond donors (Lipinski definition) is 2. The van der Waals surface area contributed by atoms with Crippen molar-refractivity contribution < 1.29 is 18.8 Å². The first-order chi connectivity index (χ1) is 19.0. The second kappa shape index (κ2) is 12.8. The van der Waals surface area contributed by atoms with Crippen molar-refractivity contribution in [3.8, 4) is 5.75 Å². The molecule has 0 spiro atoms. The summed E-state index contributed by atoms with van der Waals surface area (Å²) in [5.41, 5.74) is 2.42. The van der Waals surface area contributed by atoms with Crippen LogP contribution in [-0.2, 0) is 9.59 Å². The fourth-order valence-electron chi connectivity index (χ4n) is 5.60. The first kappa shape index (κ1) is 27.4. The van der Waals surface area contributed by atoms with E-state index in [2.05, 4.69) is 57.7 Å². The quantitative estimate of drug-likeness (QED) is 0.481. The largest absolute Gasteiger partial charge is 0.493 e. The third-order valence-corrected chi connectivity index (χ3v) is 8.28. The van der Waals surface area contributed by atoms with E-state index in [9.17, 15) is 9.59 Å². The van der Waals surface area contributed by atoms with Crippen LogP contribution in [0.2, 0.25) is 0 Å². The lowest BCUT2D eigenvalue weighted by Gasteiger charge is -2.30. The van der Waals surface area contributed by atoms with Crippen LogP contribution in [0.3, 0.4) is 0 Å². The van der Waals surface area contributed by atoms with Gasteiger partial charge in [-0.15, -0.1) is 0 Å². The van der Waals surface area contributed by atoms with Crippen LogP contribution in [0.15, 0.2) is 34.9 Å². The van der Waals surface area contributed by atoms with E-state index in [0.717, 1.165) is 76.3 Å². The Kier molecular flexibility index (Phi) is 8.96. The summed E-state index contributed by atoms with van der Waals surface area (Å²) in [5.74, 6) is 1.99. The van der Waals surface area contributed by atoms with Gasteiger partial charge in [-0.3, -0.25) is 14.9 Å². The van der Waals surface area contributed by atoms with Crippen molar-refractivity contribution in [2.45, 2.75) is 64.7 Å². The van der Waals surface area contributed by atoms with Crippen LogP contribution in [0.5, 0.6) is 5.75 Å². The molecule has 1 aliphatic carbocycles. The molecule has 3 aliphatic rings. The molecule has 9 nitrogen and oxygen atoms in total. The van der Waals surface area contributed by atoms with Gasteiger partial charge in [0, 0.05) is 30.8 Å². The van der Waals surface area contributed by atoms with Crippen molar-refractivity contribution in [3.05, 3.63) is 41.7 Å². The van der Waals surface area contributed by atoms with Crippen molar-refractivity contribution >= 4 is 23.4 Å². The summed E-state index contributed by atoms with van der Waals surface area (Å²) in [7, 11) is 0. The van der Waals surface area contributed by atoms with Gasteiger partial charge in [0.05, 0.1) is 6.61 Å². The Labute approximate surface area is 230 Å². The van der Waals surface area contributed by atoms with Crippen molar-refractivity contribution in [2.24, 2.45) is 17.8 Å². The summed E-state index contributed by atoms with van der Waals surface area (Å²) < 4.78 is 11.6. The first-order valence-corrected chi connectivity index (χ1v) is 14.5. The Morgan fingerprint density at radius 1 is 1.05 bits per heavy atom. The Bertz CT molecular complexity index is 1140. The second-order valence-electron chi connectivity index (χ2n) is 11.4. The van der Waals surface area contributed by atoms with Gasteiger partial charge in [-0.05, 0) is 87.2 Å². The molecule has 0 radical (unpaired) electrons. The number of aromatic nitrogens is 2. The Morgan fingerprint density at radius 3 is 2.41 bits per heavy atom. The third-order valence-electron chi connectivity index (χ3n) is 8.28.